The van der Waals surface area contributed by atoms with E-state index in [0.717, 1.165) is 18.6 Å². The fourth-order valence-electron chi connectivity index (χ4n) is 1.80. The van der Waals surface area contributed by atoms with Gasteiger partial charge in [-0.2, -0.15) is 0 Å². The average molecular weight is 437 g/mol. The normalized spacial score (nSPS) is 10.1. The number of esters is 2. The number of rotatable bonds is 9. The standard InChI is InChI=1S/C19H23N3O7S/c1-3-11-28-18(26)13-5-7-14(8-6-13)29-12-16(24)21-22-19(30)20-15(23)9-10-17(25)27-4-2/h5-10H,3-4,11-12H2,1-2H3,(H,21,24)(H2,20,22,23,30). The second-order valence-electron chi connectivity index (χ2n) is 5.53. The molecule has 11 heteroatoms. The fourth-order valence-corrected chi connectivity index (χ4v) is 1.95. The maximum absolute atomic E-state index is 11.8. The van der Waals surface area contributed by atoms with E-state index in [9.17, 15) is 19.2 Å². The van der Waals surface area contributed by atoms with Gasteiger partial charge in [0.2, 0.25) is 5.91 Å². The Morgan fingerprint density at radius 3 is 2.33 bits per heavy atom. The molecule has 0 unspecified atom stereocenters. The molecule has 0 saturated carbocycles. The quantitative estimate of drug-likeness (QED) is 0.222. The number of ether oxygens (including phenoxy) is 3. The molecular weight excluding hydrogens is 414 g/mol. The highest BCUT2D eigenvalue weighted by Gasteiger charge is 2.08. The Morgan fingerprint density at radius 2 is 1.70 bits per heavy atom. The van der Waals surface area contributed by atoms with Crippen LogP contribution in [-0.2, 0) is 23.9 Å². The highest BCUT2D eigenvalue weighted by molar-refractivity contribution is 7.80. The monoisotopic (exact) mass is 437 g/mol. The number of amides is 2. The maximum Gasteiger partial charge on any atom is 0.338 e. The summed E-state index contributed by atoms with van der Waals surface area (Å²) in [6.45, 7) is 3.72. The van der Waals surface area contributed by atoms with Crippen molar-refractivity contribution in [1.82, 2.24) is 16.2 Å². The van der Waals surface area contributed by atoms with Crippen molar-refractivity contribution in [2.45, 2.75) is 20.3 Å². The SMILES string of the molecule is CCCOC(=O)c1ccc(OCC(=O)NNC(=S)NC(=O)C=CC(=O)OCC)cc1. The van der Waals surface area contributed by atoms with Gasteiger partial charge in [0.1, 0.15) is 5.75 Å². The third-order valence-corrected chi connectivity index (χ3v) is 3.31. The molecular formula is C19H23N3O7S. The average Bonchev–Trinajstić information content (AvgIpc) is 2.73. The number of carbonyl (C=O) groups is 4. The number of hydrogen-bond acceptors (Lipinski definition) is 8. The van der Waals surface area contributed by atoms with Crippen LogP contribution >= 0.6 is 12.2 Å². The minimum Gasteiger partial charge on any atom is -0.484 e. The van der Waals surface area contributed by atoms with Crippen LogP contribution < -0.4 is 20.9 Å². The van der Waals surface area contributed by atoms with Crippen molar-refractivity contribution < 1.29 is 33.4 Å². The summed E-state index contributed by atoms with van der Waals surface area (Å²) in [6.07, 6.45) is 2.62. The van der Waals surface area contributed by atoms with Crippen LogP contribution in [0.25, 0.3) is 0 Å². The topological polar surface area (TPSA) is 132 Å². The first-order valence-electron chi connectivity index (χ1n) is 9.00. The molecule has 0 saturated heterocycles. The highest BCUT2D eigenvalue weighted by Crippen LogP contribution is 2.13. The summed E-state index contributed by atoms with van der Waals surface area (Å²) in [5.41, 5.74) is 4.93. The van der Waals surface area contributed by atoms with Crippen LogP contribution in [0.15, 0.2) is 36.4 Å². The van der Waals surface area contributed by atoms with Crippen molar-refractivity contribution in [3.8, 4) is 5.75 Å². The van der Waals surface area contributed by atoms with E-state index in [0.29, 0.717) is 17.9 Å². The van der Waals surface area contributed by atoms with Crippen molar-refractivity contribution >= 4 is 41.1 Å². The molecule has 0 atom stereocenters. The summed E-state index contributed by atoms with van der Waals surface area (Å²) in [5.74, 6) is -1.97. The number of hydrazine groups is 1. The van der Waals surface area contributed by atoms with Crippen LogP contribution in [0.2, 0.25) is 0 Å². The maximum atomic E-state index is 11.8. The van der Waals surface area contributed by atoms with Crippen molar-refractivity contribution in [1.29, 1.82) is 0 Å². The molecule has 2 amide bonds. The van der Waals surface area contributed by atoms with Gasteiger partial charge in [0, 0.05) is 12.2 Å². The Morgan fingerprint density at radius 1 is 1.00 bits per heavy atom. The number of carbonyl (C=O) groups excluding carboxylic acids is 4. The van der Waals surface area contributed by atoms with E-state index in [1.807, 2.05) is 6.92 Å². The summed E-state index contributed by atoms with van der Waals surface area (Å²) in [4.78, 5) is 46.1. The summed E-state index contributed by atoms with van der Waals surface area (Å²) in [7, 11) is 0. The molecule has 1 aromatic carbocycles. The van der Waals surface area contributed by atoms with Crippen LogP contribution in [0.5, 0.6) is 5.75 Å². The zero-order valence-electron chi connectivity index (χ0n) is 16.6. The smallest absolute Gasteiger partial charge is 0.338 e. The molecule has 0 radical (unpaired) electrons. The van der Waals surface area contributed by atoms with Crippen molar-refractivity contribution in [2.75, 3.05) is 19.8 Å². The van der Waals surface area contributed by atoms with Crippen molar-refractivity contribution in [3.05, 3.63) is 42.0 Å². The number of nitrogens with one attached hydrogen (secondary N) is 3. The van der Waals surface area contributed by atoms with Crippen LogP contribution in [0.4, 0.5) is 0 Å². The molecule has 0 bridgehead atoms. The largest absolute Gasteiger partial charge is 0.484 e. The van der Waals surface area contributed by atoms with Gasteiger partial charge in [0.15, 0.2) is 11.7 Å². The van der Waals surface area contributed by atoms with Gasteiger partial charge in [-0.3, -0.25) is 25.8 Å². The van der Waals surface area contributed by atoms with Crippen molar-refractivity contribution in [3.63, 3.8) is 0 Å². The minimum atomic E-state index is -0.677. The summed E-state index contributed by atoms with van der Waals surface area (Å²) in [5, 5.41) is 2.04. The van der Waals surface area contributed by atoms with Crippen molar-refractivity contribution in [2.24, 2.45) is 0 Å². The molecule has 0 spiro atoms. The molecule has 3 N–H and O–H groups in total. The lowest BCUT2D eigenvalue weighted by atomic mass is 10.2. The van der Waals surface area contributed by atoms with Gasteiger partial charge in [-0.25, -0.2) is 9.59 Å². The summed E-state index contributed by atoms with van der Waals surface area (Å²) >= 11 is 4.83. The summed E-state index contributed by atoms with van der Waals surface area (Å²) < 4.78 is 14.9. The second kappa shape index (κ2) is 13.7. The second-order valence-corrected chi connectivity index (χ2v) is 5.93. The molecule has 0 heterocycles. The van der Waals surface area contributed by atoms with Gasteiger partial charge in [-0.05, 0) is 49.8 Å². The summed E-state index contributed by atoms with van der Waals surface area (Å²) in [6, 6.07) is 6.11. The lowest BCUT2D eigenvalue weighted by Gasteiger charge is -2.11. The molecule has 30 heavy (non-hydrogen) atoms. The third kappa shape index (κ3) is 10.2. The molecule has 0 aliphatic rings. The Balaban J connectivity index is 2.32. The van der Waals surface area contributed by atoms with Gasteiger partial charge in [-0.15, -0.1) is 0 Å². The molecule has 162 valence electrons. The first kappa shape index (κ1) is 24.6. The molecule has 1 aromatic rings. The number of thiocarbonyl (C=S) groups is 1. The zero-order chi connectivity index (χ0) is 22.4. The van der Waals surface area contributed by atoms with E-state index in [4.69, 9.17) is 21.7 Å². The van der Waals surface area contributed by atoms with Gasteiger partial charge in [-0.1, -0.05) is 6.92 Å². The zero-order valence-corrected chi connectivity index (χ0v) is 17.4. The van der Waals surface area contributed by atoms with Crippen LogP contribution in [0.1, 0.15) is 30.6 Å². The van der Waals surface area contributed by atoms with E-state index in [2.05, 4.69) is 20.9 Å². The lowest BCUT2D eigenvalue weighted by molar-refractivity contribution is -0.137. The number of benzene rings is 1. The van der Waals surface area contributed by atoms with E-state index < -0.39 is 23.8 Å². The van der Waals surface area contributed by atoms with E-state index >= 15 is 0 Å². The molecule has 1 rings (SSSR count). The Bertz CT molecular complexity index is 794. The molecule has 0 fully saturated rings. The van der Waals surface area contributed by atoms with Crippen LogP contribution in [-0.4, -0.2) is 48.7 Å². The predicted molar refractivity (Wildman–Crippen MR) is 110 cm³/mol. The van der Waals surface area contributed by atoms with Gasteiger partial charge in [0.25, 0.3) is 5.91 Å². The van der Waals surface area contributed by atoms with Crippen LogP contribution in [0.3, 0.4) is 0 Å². The molecule has 0 aliphatic heterocycles. The Kier molecular flexibility index (Phi) is 11.2. The number of hydrogen-bond donors (Lipinski definition) is 3. The van der Waals surface area contributed by atoms with E-state index in [1.54, 1.807) is 6.92 Å². The van der Waals surface area contributed by atoms with Gasteiger partial charge < -0.3 is 14.2 Å². The van der Waals surface area contributed by atoms with Crippen LogP contribution in [0, 0.1) is 0 Å². The van der Waals surface area contributed by atoms with E-state index in [-0.39, 0.29) is 18.3 Å². The van der Waals surface area contributed by atoms with E-state index in [1.165, 1.54) is 24.3 Å². The first-order chi connectivity index (χ1) is 14.3. The Hall–Kier alpha value is -3.47. The molecule has 0 aromatic heterocycles. The minimum absolute atomic E-state index is 0.184. The highest BCUT2D eigenvalue weighted by atomic mass is 32.1. The predicted octanol–water partition coefficient (Wildman–Crippen LogP) is 0.773. The Labute approximate surface area is 178 Å². The van der Waals surface area contributed by atoms with Gasteiger partial charge in [0.05, 0.1) is 18.8 Å². The third-order valence-electron chi connectivity index (χ3n) is 3.11. The lowest BCUT2D eigenvalue weighted by Crippen LogP contribution is -2.49. The first-order valence-corrected chi connectivity index (χ1v) is 9.41. The molecule has 10 nitrogen and oxygen atoms in total. The fraction of sp³-hybridized carbons (Fsp3) is 0.316. The molecule has 0 aliphatic carbocycles. The van der Waals surface area contributed by atoms with Gasteiger partial charge >= 0.3 is 11.9 Å².